The molecule has 0 unspecified atom stereocenters. The summed E-state index contributed by atoms with van der Waals surface area (Å²) in [6.07, 6.45) is 2.47. The highest BCUT2D eigenvalue weighted by Gasteiger charge is 2.32. The molecule has 180 valence electrons. The lowest BCUT2D eigenvalue weighted by molar-refractivity contribution is -0.151. The molecule has 0 bridgehead atoms. The number of hydrogen-bond donors (Lipinski definition) is 0. The summed E-state index contributed by atoms with van der Waals surface area (Å²) in [6.45, 7) is 8.31. The molecule has 1 aliphatic heterocycles. The van der Waals surface area contributed by atoms with Crippen LogP contribution >= 0.6 is 11.6 Å². The predicted molar refractivity (Wildman–Crippen MR) is 128 cm³/mol. The Morgan fingerprint density at radius 3 is 2.50 bits per heavy atom. The van der Waals surface area contributed by atoms with E-state index in [1.165, 1.54) is 6.33 Å². The summed E-state index contributed by atoms with van der Waals surface area (Å²) in [7, 11) is 0. The first kappa shape index (κ1) is 24.1. The Morgan fingerprint density at radius 1 is 1.12 bits per heavy atom. The topological polar surface area (TPSA) is 92.9 Å². The van der Waals surface area contributed by atoms with Crippen LogP contribution in [0.15, 0.2) is 30.6 Å². The number of ether oxygens (including phenoxy) is 1. The van der Waals surface area contributed by atoms with E-state index < -0.39 is 6.04 Å². The van der Waals surface area contributed by atoms with E-state index >= 15 is 0 Å². The Kier molecular flexibility index (Phi) is 7.43. The number of rotatable bonds is 7. The molecule has 0 saturated carbocycles. The molecule has 3 aromatic rings. The van der Waals surface area contributed by atoms with Gasteiger partial charge in [-0.05, 0) is 50.5 Å². The Bertz CT molecular complexity index is 1170. The maximum atomic E-state index is 13.0. The zero-order valence-corrected chi connectivity index (χ0v) is 20.5. The highest BCUT2D eigenvalue weighted by atomic mass is 35.5. The molecule has 0 N–H and O–H groups in total. The number of hydrogen-bond acceptors (Lipinski definition) is 7. The molecule has 0 radical (unpaired) electrons. The highest BCUT2D eigenvalue weighted by molar-refractivity contribution is 6.30. The smallest absolute Gasteiger partial charge is 0.328 e. The lowest BCUT2D eigenvalue weighted by Gasteiger charge is -2.38. The van der Waals surface area contributed by atoms with Gasteiger partial charge in [-0.2, -0.15) is 10.1 Å². The Labute approximate surface area is 203 Å². The maximum absolute atomic E-state index is 13.0. The van der Waals surface area contributed by atoms with E-state index in [-0.39, 0.29) is 11.9 Å². The van der Waals surface area contributed by atoms with Crippen LogP contribution in [-0.4, -0.2) is 74.0 Å². The summed E-state index contributed by atoms with van der Waals surface area (Å²) in [5.41, 5.74) is 3.69. The molecule has 3 heterocycles. The molecule has 0 aliphatic carbocycles. The van der Waals surface area contributed by atoms with Gasteiger partial charge in [0.05, 0.1) is 6.61 Å². The summed E-state index contributed by atoms with van der Waals surface area (Å²) in [5.74, 6) is 0.376. The van der Waals surface area contributed by atoms with Gasteiger partial charge in [0, 0.05) is 49.0 Å². The van der Waals surface area contributed by atoms with Gasteiger partial charge in [0.15, 0.2) is 0 Å². The summed E-state index contributed by atoms with van der Waals surface area (Å²) < 4.78 is 7.05. The number of carbonyl (C=O) groups excluding carboxylic acids is 2. The van der Waals surface area contributed by atoms with Crippen LogP contribution in [0.2, 0.25) is 5.02 Å². The number of aromatic nitrogens is 4. The molecule has 1 aromatic carbocycles. The first-order valence-corrected chi connectivity index (χ1v) is 11.9. The number of esters is 1. The van der Waals surface area contributed by atoms with Crippen LogP contribution in [0.4, 0.5) is 0 Å². The van der Waals surface area contributed by atoms with Crippen molar-refractivity contribution >= 4 is 29.3 Å². The first-order valence-electron chi connectivity index (χ1n) is 11.5. The fourth-order valence-electron chi connectivity index (χ4n) is 4.50. The Morgan fingerprint density at radius 2 is 1.82 bits per heavy atom. The number of nitrogens with zero attached hydrogens (tertiary/aromatic N) is 6. The monoisotopic (exact) mass is 484 g/mol. The maximum Gasteiger partial charge on any atom is 0.328 e. The summed E-state index contributed by atoms with van der Waals surface area (Å²) in [6, 6.07) is 6.75. The normalized spacial score (nSPS) is 15.5. The molecule has 1 saturated heterocycles. The zero-order chi connectivity index (χ0) is 24.2. The van der Waals surface area contributed by atoms with Gasteiger partial charge >= 0.3 is 5.97 Å². The van der Waals surface area contributed by atoms with Crippen molar-refractivity contribution in [1.82, 2.24) is 29.4 Å². The van der Waals surface area contributed by atoms with Crippen LogP contribution < -0.4 is 0 Å². The molecule has 0 spiro atoms. The third-order valence-corrected chi connectivity index (χ3v) is 6.56. The lowest BCUT2D eigenvalue weighted by atomic mass is 10.0. The Hall–Kier alpha value is -3.04. The molecule has 34 heavy (non-hydrogen) atoms. The second-order valence-corrected chi connectivity index (χ2v) is 8.79. The van der Waals surface area contributed by atoms with Crippen molar-refractivity contribution in [2.24, 2.45) is 0 Å². The SMILES string of the molecule is CCOC(=O)[C@H](c1ccc(Cl)cc1)N1CCN(C(=O)CCc2c(C)nc3ncnn3c2C)CC1. The van der Waals surface area contributed by atoms with E-state index in [4.69, 9.17) is 16.3 Å². The molecule has 4 rings (SSSR count). The average Bonchev–Trinajstić information content (AvgIpc) is 3.29. The molecular weight excluding hydrogens is 456 g/mol. The van der Waals surface area contributed by atoms with E-state index in [0.29, 0.717) is 56.4 Å². The van der Waals surface area contributed by atoms with E-state index in [0.717, 1.165) is 22.5 Å². The van der Waals surface area contributed by atoms with Crippen molar-refractivity contribution in [2.45, 2.75) is 39.7 Å². The van der Waals surface area contributed by atoms with Crippen molar-refractivity contribution in [3.63, 3.8) is 0 Å². The number of fused-ring (bicyclic) bond motifs is 1. The third-order valence-electron chi connectivity index (χ3n) is 6.31. The minimum atomic E-state index is -0.514. The number of amides is 1. The van der Waals surface area contributed by atoms with Gasteiger partial charge in [0.2, 0.25) is 5.91 Å². The van der Waals surface area contributed by atoms with Gasteiger partial charge in [0.25, 0.3) is 5.78 Å². The summed E-state index contributed by atoms with van der Waals surface area (Å²) >= 11 is 6.03. The number of aryl methyl sites for hydroxylation is 2. The quantitative estimate of drug-likeness (QED) is 0.476. The van der Waals surface area contributed by atoms with Crippen molar-refractivity contribution in [2.75, 3.05) is 32.8 Å². The minimum absolute atomic E-state index is 0.0938. The number of halogens is 1. The van der Waals surface area contributed by atoms with Crippen LogP contribution in [0.3, 0.4) is 0 Å². The van der Waals surface area contributed by atoms with Gasteiger partial charge in [0.1, 0.15) is 12.4 Å². The van der Waals surface area contributed by atoms with Crippen molar-refractivity contribution in [3.8, 4) is 0 Å². The predicted octanol–water partition coefficient (Wildman–Crippen LogP) is 2.78. The van der Waals surface area contributed by atoms with Crippen LogP contribution in [0.1, 0.15) is 41.9 Å². The lowest BCUT2D eigenvalue weighted by Crippen LogP contribution is -2.51. The van der Waals surface area contributed by atoms with Crippen LogP contribution in [0, 0.1) is 13.8 Å². The molecular formula is C24H29ClN6O3. The second kappa shape index (κ2) is 10.5. The number of carbonyl (C=O) groups is 2. The van der Waals surface area contributed by atoms with E-state index in [1.54, 1.807) is 23.6 Å². The fourth-order valence-corrected chi connectivity index (χ4v) is 4.62. The zero-order valence-electron chi connectivity index (χ0n) is 19.7. The molecule has 1 atom stereocenters. The van der Waals surface area contributed by atoms with Crippen molar-refractivity contribution < 1.29 is 14.3 Å². The molecule has 1 aliphatic rings. The largest absolute Gasteiger partial charge is 0.465 e. The van der Waals surface area contributed by atoms with Gasteiger partial charge in [-0.1, -0.05) is 23.7 Å². The third kappa shape index (κ3) is 5.05. The minimum Gasteiger partial charge on any atom is -0.465 e. The van der Waals surface area contributed by atoms with Crippen molar-refractivity contribution in [3.05, 3.63) is 58.1 Å². The molecule has 9 nitrogen and oxygen atoms in total. The second-order valence-electron chi connectivity index (χ2n) is 8.36. The molecule has 2 aromatic heterocycles. The molecule has 10 heteroatoms. The van der Waals surface area contributed by atoms with Gasteiger partial charge in [-0.3, -0.25) is 9.69 Å². The van der Waals surface area contributed by atoms with E-state index in [9.17, 15) is 9.59 Å². The van der Waals surface area contributed by atoms with E-state index in [2.05, 4.69) is 20.0 Å². The van der Waals surface area contributed by atoms with Gasteiger partial charge in [-0.15, -0.1) is 0 Å². The molecule has 1 amide bonds. The van der Waals surface area contributed by atoms with E-state index in [1.807, 2.05) is 30.9 Å². The number of piperazine rings is 1. The van der Waals surface area contributed by atoms with Crippen molar-refractivity contribution in [1.29, 1.82) is 0 Å². The molecule has 1 fully saturated rings. The summed E-state index contributed by atoms with van der Waals surface area (Å²) in [4.78, 5) is 38.3. The fraction of sp³-hybridized carbons (Fsp3) is 0.458. The summed E-state index contributed by atoms with van der Waals surface area (Å²) in [5, 5.41) is 4.83. The van der Waals surface area contributed by atoms with Crippen LogP contribution in [0.5, 0.6) is 0 Å². The number of benzene rings is 1. The first-order chi connectivity index (χ1) is 16.4. The standard InChI is InChI=1S/C24H29ClN6O3/c1-4-34-23(33)22(18-5-7-19(25)8-6-18)30-13-11-29(12-14-30)21(32)10-9-20-16(2)28-24-26-15-27-31(24)17(20)3/h5-8,15,22H,4,9-14H2,1-3H3/t22-/m0/s1. The van der Waals surface area contributed by atoms with Crippen LogP contribution in [-0.2, 0) is 20.7 Å². The van der Waals surface area contributed by atoms with Gasteiger partial charge < -0.3 is 9.64 Å². The highest BCUT2D eigenvalue weighted by Crippen LogP contribution is 2.26. The Balaban J connectivity index is 1.39. The van der Waals surface area contributed by atoms with Gasteiger partial charge in [-0.25, -0.2) is 14.3 Å². The average molecular weight is 485 g/mol. The van der Waals surface area contributed by atoms with Crippen LogP contribution in [0.25, 0.3) is 5.78 Å².